The van der Waals surface area contributed by atoms with E-state index in [1.54, 1.807) is 0 Å². The van der Waals surface area contributed by atoms with Crippen molar-refractivity contribution >= 4 is 5.97 Å². The summed E-state index contributed by atoms with van der Waals surface area (Å²) in [4.78, 5) is 10.8. The molecule has 0 aromatic heterocycles. The maximum atomic E-state index is 10.8. The summed E-state index contributed by atoms with van der Waals surface area (Å²) in [6.07, 6.45) is 40.5. The van der Waals surface area contributed by atoms with Crippen molar-refractivity contribution in [3.8, 4) is 0 Å². The summed E-state index contributed by atoms with van der Waals surface area (Å²) in [6, 6.07) is 0. The van der Waals surface area contributed by atoms with Crippen molar-refractivity contribution in [2.24, 2.45) is 11.8 Å². The maximum Gasteiger partial charge on any atom is 0.303 e. The first-order chi connectivity index (χ1) is 18.7. The van der Waals surface area contributed by atoms with Crippen molar-refractivity contribution in [1.82, 2.24) is 0 Å². The van der Waals surface area contributed by atoms with Crippen LogP contribution >= 0.6 is 0 Å². The second-order valence-electron chi connectivity index (χ2n) is 12.6. The van der Waals surface area contributed by atoms with Crippen molar-refractivity contribution in [2.45, 2.75) is 213 Å². The van der Waals surface area contributed by atoms with Crippen LogP contribution in [0.15, 0.2) is 0 Å². The van der Waals surface area contributed by atoms with Gasteiger partial charge in [-0.1, -0.05) is 201 Å². The quantitative estimate of drug-likeness (QED) is 0.0868. The van der Waals surface area contributed by atoms with Crippen LogP contribution in [-0.2, 0) is 4.79 Å². The van der Waals surface area contributed by atoms with Crippen molar-refractivity contribution in [1.29, 1.82) is 0 Å². The third-order valence-electron chi connectivity index (χ3n) is 8.92. The highest BCUT2D eigenvalue weighted by atomic mass is 16.4. The van der Waals surface area contributed by atoms with Gasteiger partial charge in [0, 0.05) is 6.42 Å². The van der Waals surface area contributed by atoms with Gasteiger partial charge < -0.3 is 5.11 Å². The van der Waals surface area contributed by atoms with Gasteiger partial charge in [-0.05, 0) is 18.3 Å². The number of hydrogen-bond acceptors (Lipinski definition) is 1. The predicted octanol–water partition coefficient (Wildman–Crippen LogP) is 13.1. The monoisotopic (exact) mass is 537 g/mol. The lowest BCUT2D eigenvalue weighted by Gasteiger charge is -2.28. The van der Waals surface area contributed by atoms with Crippen molar-refractivity contribution < 1.29 is 9.90 Å². The topological polar surface area (TPSA) is 37.3 Å². The highest BCUT2D eigenvalue weighted by Gasteiger charge is 2.20. The molecular formula is C36H72O2. The second kappa shape index (κ2) is 31.0. The van der Waals surface area contributed by atoms with E-state index in [0.717, 1.165) is 24.7 Å². The number of carbonyl (C=O) groups is 1. The summed E-state index contributed by atoms with van der Waals surface area (Å²) >= 11 is 0. The van der Waals surface area contributed by atoms with Crippen LogP contribution in [0.25, 0.3) is 0 Å². The van der Waals surface area contributed by atoms with Crippen LogP contribution in [-0.4, -0.2) is 11.1 Å². The zero-order valence-corrected chi connectivity index (χ0v) is 26.7. The first-order valence-electron chi connectivity index (χ1n) is 17.9. The van der Waals surface area contributed by atoms with E-state index in [1.807, 2.05) is 0 Å². The van der Waals surface area contributed by atoms with E-state index in [1.165, 1.54) is 173 Å². The molecule has 0 spiro atoms. The summed E-state index contributed by atoms with van der Waals surface area (Å²) in [6.45, 7) is 6.94. The number of unbranched alkanes of at least 4 members (excludes halogenated alkanes) is 21. The first-order valence-corrected chi connectivity index (χ1v) is 17.9. The molecule has 0 rings (SSSR count). The molecule has 0 aliphatic rings. The Bertz CT molecular complexity index is 460. The van der Waals surface area contributed by atoms with Crippen molar-refractivity contribution in [2.75, 3.05) is 0 Å². The van der Waals surface area contributed by atoms with Gasteiger partial charge in [0.1, 0.15) is 0 Å². The first kappa shape index (κ1) is 37.5. The molecule has 0 heterocycles. The summed E-state index contributed by atoms with van der Waals surface area (Å²) in [7, 11) is 0. The minimum absolute atomic E-state index is 0.347. The fourth-order valence-corrected chi connectivity index (χ4v) is 6.36. The average molecular weight is 537 g/mol. The molecule has 0 aromatic carbocycles. The Morgan fingerprint density at radius 3 is 0.895 bits per heavy atom. The van der Waals surface area contributed by atoms with E-state index in [2.05, 4.69) is 20.8 Å². The van der Waals surface area contributed by atoms with E-state index in [4.69, 9.17) is 5.11 Å². The molecular weight excluding hydrogens is 464 g/mol. The largest absolute Gasteiger partial charge is 0.481 e. The SMILES string of the molecule is CCCCCCCCCC(CCCCCCCC)C(CCCCCCCCC)CCCCCCCC(=O)O. The zero-order valence-electron chi connectivity index (χ0n) is 26.7. The molecule has 0 amide bonds. The second-order valence-corrected chi connectivity index (χ2v) is 12.6. The average Bonchev–Trinajstić information content (AvgIpc) is 2.91. The Kier molecular flexibility index (Phi) is 30.6. The third-order valence-corrected chi connectivity index (χ3v) is 8.92. The minimum Gasteiger partial charge on any atom is -0.481 e. The lowest BCUT2D eigenvalue weighted by Crippen LogP contribution is -2.16. The van der Waals surface area contributed by atoms with Gasteiger partial charge in [0.15, 0.2) is 0 Å². The van der Waals surface area contributed by atoms with Gasteiger partial charge in [0.25, 0.3) is 0 Å². The Hall–Kier alpha value is -0.530. The summed E-state index contributed by atoms with van der Waals surface area (Å²) in [5.74, 6) is 1.24. The van der Waals surface area contributed by atoms with Crippen LogP contribution in [0.5, 0.6) is 0 Å². The molecule has 38 heavy (non-hydrogen) atoms. The molecule has 0 saturated heterocycles. The number of carboxylic acids is 1. The normalized spacial score (nSPS) is 13.1. The van der Waals surface area contributed by atoms with Gasteiger partial charge in [0.2, 0.25) is 0 Å². The van der Waals surface area contributed by atoms with E-state index in [9.17, 15) is 4.79 Å². The molecule has 2 nitrogen and oxygen atoms in total. The van der Waals surface area contributed by atoms with E-state index >= 15 is 0 Å². The number of aliphatic carboxylic acids is 1. The van der Waals surface area contributed by atoms with E-state index in [-0.39, 0.29) is 0 Å². The lowest BCUT2D eigenvalue weighted by molar-refractivity contribution is -0.137. The van der Waals surface area contributed by atoms with Crippen LogP contribution in [0, 0.1) is 11.8 Å². The smallest absolute Gasteiger partial charge is 0.303 e. The molecule has 0 radical (unpaired) electrons. The van der Waals surface area contributed by atoms with E-state index < -0.39 is 5.97 Å². The van der Waals surface area contributed by atoms with Crippen LogP contribution in [0.2, 0.25) is 0 Å². The van der Waals surface area contributed by atoms with E-state index in [0.29, 0.717) is 6.42 Å². The van der Waals surface area contributed by atoms with Crippen LogP contribution in [0.4, 0.5) is 0 Å². The predicted molar refractivity (Wildman–Crippen MR) is 170 cm³/mol. The zero-order chi connectivity index (χ0) is 27.9. The van der Waals surface area contributed by atoms with Gasteiger partial charge in [0.05, 0.1) is 0 Å². The standard InChI is InChI=1S/C36H72O2/c1-4-7-10-13-16-20-25-30-34(29-24-19-15-12-9-6-3)35(31-26-21-17-14-11-8-5-2)32-27-22-18-23-28-33-36(37)38/h34-35H,4-33H2,1-3H3,(H,37,38). The molecule has 228 valence electrons. The van der Waals surface area contributed by atoms with Crippen molar-refractivity contribution in [3.05, 3.63) is 0 Å². The molecule has 0 bridgehead atoms. The number of carboxylic acid groups (broad SMARTS) is 1. The molecule has 1 N–H and O–H groups in total. The van der Waals surface area contributed by atoms with Gasteiger partial charge >= 0.3 is 5.97 Å². The molecule has 2 heteroatoms. The molecule has 0 aromatic rings. The van der Waals surface area contributed by atoms with Crippen LogP contribution in [0.3, 0.4) is 0 Å². The van der Waals surface area contributed by atoms with Gasteiger partial charge in [-0.15, -0.1) is 0 Å². The fourth-order valence-electron chi connectivity index (χ4n) is 6.36. The molecule has 2 unspecified atom stereocenters. The Labute approximate surface area is 240 Å². The highest BCUT2D eigenvalue weighted by Crippen LogP contribution is 2.33. The molecule has 0 aliphatic heterocycles. The van der Waals surface area contributed by atoms with Crippen molar-refractivity contribution in [3.63, 3.8) is 0 Å². The Morgan fingerprint density at radius 2 is 0.632 bits per heavy atom. The number of hydrogen-bond donors (Lipinski definition) is 1. The maximum absolute atomic E-state index is 10.8. The van der Waals surface area contributed by atoms with Gasteiger partial charge in [-0.25, -0.2) is 0 Å². The number of rotatable bonds is 32. The Morgan fingerprint density at radius 1 is 0.395 bits per heavy atom. The third kappa shape index (κ3) is 27.1. The summed E-state index contributed by atoms with van der Waals surface area (Å²) in [5.41, 5.74) is 0. The van der Waals surface area contributed by atoms with Gasteiger partial charge in [-0.3, -0.25) is 4.79 Å². The minimum atomic E-state index is -0.636. The highest BCUT2D eigenvalue weighted by molar-refractivity contribution is 5.66. The van der Waals surface area contributed by atoms with Gasteiger partial charge in [-0.2, -0.15) is 0 Å². The Balaban J connectivity index is 4.73. The molecule has 0 saturated carbocycles. The summed E-state index contributed by atoms with van der Waals surface area (Å²) in [5, 5.41) is 8.89. The molecule has 0 fully saturated rings. The summed E-state index contributed by atoms with van der Waals surface area (Å²) < 4.78 is 0. The molecule has 0 aliphatic carbocycles. The fraction of sp³-hybridized carbons (Fsp3) is 0.972. The van der Waals surface area contributed by atoms with Crippen LogP contribution < -0.4 is 0 Å². The lowest BCUT2D eigenvalue weighted by atomic mass is 9.78. The molecule has 2 atom stereocenters. The van der Waals surface area contributed by atoms with Crippen LogP contribution in [0.1, 0.15) is 213 Å².